The van der Waals surface area contributed by atoms with Gasteiger partial charge in [0.15, 0.2) is 0 Å². The van der Waals surface area contributed by atoms with E-state index >= 15 is 0 Å². The van der Waals surface area contributed by atoms with Gasteiger partial charge in [-0.3, -0.25) is 0 Å². The third-order valence-corrected chi connectivity index (χ3v) is 5.51. The van der Waals surface area contributed by atoms with Crippen LogP contribution in [0.15, 0.2) is 84.0 Å². The average molecular weight is 351 g/mol. The number of aromatic nitrogens is 1. The van der Waals surface area contributed by atoms with Gasteiger partial charge in [0.2, 0.25) is 0 Å². The van der Waals surface area contributed by atoms with Gasteiger partial charge in [0.1, 0.15) is 0 Å². The van der Waals surface area contributed by atoms with Crippen LogP contribution >= 0.6 is 0 Å². The van der Waals surface area contributed by atoms with E-state index in [9.17, 15) is 0 Å². The van der Waals surface area contributed by atoms with Crippen LogP contribution in [0.5, 0.6) is 0 Å². The number of pyridine rings is 1. The normalized spacial score (nSPS) is 10.9. The molecule has 0 bridgehead atoms. The van der Waals surface area contributed by atoms with Crippen molar-refractivity contribution in [2.45, 2.75) is 5.32 Å². The molecule has 3 rings (SSSR count). The Morgan fingerprint density at radius 2 is 1.64 bits per heavy atom. The van der Waals surface area contributed by atoms with Gasteiger partial charge in [0.25, 0.3) is 0 Å². The molecule has 3 aromatic rings. The van der Waals surface area contributed by atoms with Crippen molar-refractivity contribution in [1.29, 1.82) is 0 Å². The Balaban J connectivity index is 1.74. The van der Waals surface area contributed by atoms with Crippen LogP contribution in [0.1, 0.15) is 11.3 Å². The zero-order valence-electron chi connectivity index (χ0n) is 12.1. The molecule has 1 aromatic heterocycles. The van der Waals surface area contributed by atoms with Crippen LogP contribution < -0.4 is 4.46 Å². The number of rotatable bonds is 5. The minimum atomic E-state index is 0.374. The van der Waals surface area contributed by atoms with E-state index in [1.807, 2.05) is 30.5 Å². The summed E-state index contributed by atoms with van der Waals surface area (Å²) in [7, 11) is 0. The Bertz CT molecular complexity index is 740. The number of aliphatic imine (C=N–C) groups is 1. The third kappa shape index (κ3) is 4.14. The fraction of sp³-hybridized carbons (Fsp3) is 0.0526. The Kier molecular flexibility index (Phi) is 5.14. The number of hydrogen-bond acceptors (Lipinski definition) is 2. The minimum absolute atomic E-state index is 0.374. The average Bonchev–Trinajstić information content (AvgIpc) is 2.61. The van der Waals surface area contributed by atoms with Crippen molar-refractivity contribution in [3.05, 3.63) is 90.3 Å². The number of nitrogens with zero attached hydrogens (tertiary/aromatic N) is 2. The maximum absolute atomic E-state index is 4.62. The number of hydrogen-bond donors (Lipinski definition) is 0. The van der Waals surface area contributed by atoms with E-state index in [1.54, 1.807) is 6.20 Å². The van der Waals surface area contributed by atoms with Crippen LogP contribution in [0.25, 0.3) is 0 Å². The first-order valence-corrected chi connectivity index (χ1v) is 9.19. The molecule has 0 atom stereocenters. The summed E-state index contributed by atoms with van der Waals surface area (Å²) in [4.78, 5) is 8.89. The second-order valence-corrected chi connectivity index (χ2v) is 6.89. The molecule has 0 amide bonds. The van der Waals surface area contributed by atoms with Gasteiger partial charge in [-0.05, 0) is 0 Å². The van der Waals surface area contributed by atoms with Crippen LogP contribution in [0, 0.1) is 0 Å². The molecule has 1 heterocycles. The van der Waals surface area contributed by atoms with Crippen molar-refractivity contribution in [2.75, 3.05) is 0 Å². The molecule has 0 radical (unpaired) electrons. The molecule has 0 aliphatic heterocycles. The molecular weight excluding hydrogens is 335 g/mol. The summed E-state index contributed by atoms with van der Waals surface area (Å²) in [5.74, 6) is 0. The SMILES string of the molecule is C(=Nc1ccccc1[Se]Cc1ccccc1)c1ccccn1. The fourth-order valence-corrected chi connectivity index (χ4v) is 4.02. The molecule has 0 fully saturated rings. The fourth-order valence-electron chi connectivity index (χ4n) is 2.01. The van der Waals surface area contributed by atoms with Crippen molar-refractivity contribution in [3.8, 4) is 0 Å². The Morgan fingerprint density at radius 3 is 2.45 bits per heavy atom. The van der Waals surface area contributed by atoms with Crippen molar-refractivity contribution in [2.24, 2.45) is 4.99 Å². The topological polar surface area (TPSA) is 25.2 Å². The first-order chi connectivity index (χ1) is 10.9. The van der Waals surface area contributed by atoms with Gasteiger partial charge in [-0.1, -0.05) is 0 Å². The first-order valence-electron chi connectivity index (χ1n) is 7.13. The standard InChI is InChI=1S/C19H16N2Se/c1-2-8-16(9-3-1)15-22-19-12-5-4-11-18(19)21-14-17-10-6-7-13-20-17/h1-14H,15H2. The Hall–Kier alpha value is -2.22. The van der Waals surface area contributed by atoms with Crippen LogP contribution in [0.3, 0.4) is 0 Å². The van der Waals surface area contributed by atoms with Crippen molar-refractivity contribution < 1.29 is 0 Å². The Morgan fingerprint density at radius 1 is 0.864 bits per heavy atom. The predicted octanol–water partition coefficient (Wildman–Crippen LogP) is 3.36. The number of benzene rings is 2. The molecule has 0 aliphatic carbocycles. The van der Waals surface area contributed by atoms with Crippen molar-refractivity contribution >= 4 is 31.3 Å². The molecule has 3 heteroatoms. The van der Waals surface area contributed by atoms with Crippen molar-refractivity contribution in [3.63, 3.8) is 0 Å². The first kappa shape index (κ1) is 14.7. The van der Waals surface area contributed by atoms with E-state index in [0.717, 1.165) is 16.7 Å². The summed E-state index contributed by atoms with van der Waals surface area (Å²) in [5, 5.41) is 1.09. The predicted molar refractivity (Wildman–Crippen MR) is 93.5 cm³/mol. The molecule has 108 valence electrons. The van der Waals surface area contributed by atoms with Crippen LogP contribution in [-0.2, 0) is 5.32 Å². The molecule has 2 aromatic carbocycles. The monoisotopic (exact) mass is 352 g/mol. The van der Waals surface area contributed by atoms with Crippen LogP contribution in [-0.4, -0.2) is 26.2 Å². The van der Waals surface area contributed by atoms with Crippen LogP contribution in [0.4, 0.5) is 5.69 Å². The number of para-hydroxylation sites is 1. The maximum atomic E-state index is 4.62. The zero-order valence-corrected chi connectivity index (χ0v) is 13.8. The third-order valence-electron chi connectivity index (χ3n) is 3.13. The molecule has 0 saturated carbocycles. The van der Waals surface area contributed by atoms with Gasteiger partial charge in [0, 0.05) is 0 Å². The van der Waals surface area contributed by atoms with E-state index in [2.05, 4.69) is 58.5 Å². The molecular formula is C19H16N2Se. The summed E-state index contributed by atoms with van der Waals surface area (Å²) in [6, 6.07) is 24.8. The molecule has 0 spiro atoms. The van der Waals surface area contributed by atoms with E-state index in [0.29, 0.717) is 15.0 Å². The van der Waals surface area contributed by atoms with E-state index in [4.69, 9.17) is 0 Å². The molecule has 22 heavy (non-hydrogen) atoms. The van der Waals surface area contributed by atoms with Crippen LogP contribution in [0.2, 0.25) is 0 Å². The molecule has 0 aliphatic rings. The van der Waals surface area contributed by atoms with Gasteiger partial charge in [-0.2, -0.15) is 0 Å². The molecule has 0 saturated heterocycles. The second kappa shape index (κ2) is 7.69. The van der Waals surface area contributed by atoms with E-state index < -0.39 is 0 Å². The van der Waals surface area contributed by atoms with Gasteiger partial charge in [-0.25, -0.2) is 0 Å². The summed E-state index contributed by atoms with van der Waals surface area (Å²) < 4.78 is 1.33. The van der Waals surface area contributed by atoms with E-state index in [1.165, 1.54) is 10.0 Å². The van der Waals surface area contributed by atoms with E-state index in [-0.39, 0.29) is 0 Å². The van der Waals surface area contributed by atoms with Gasteiger partial charge in [0.05, 0.1) is 0 Å². The summed E-state index contributed by atoms with van der Waals surface area (Å²) in [6.45, 7) is 0. The Labute approximate surface area is 137 Å². The zero-order chi connectivity index (χ0) is 15.0. The second-order valence-electron chi connectivity index (χ2n) is 4.75. The van der Waals surface area contributed by atoms with Gasteiger partial charge < -0.3 is 0 Å². The summed E-state index contributed by atoms with van der Waals surface area (Å²) in [6.07, 6.45) is 3.62. The quantitative estimate of drug-likeness (QED) is 0.511. The summed E-state index contributed by atoms with van der Waals surface area (Å²) >= 11 is 0.374. The van der Waals surface area contributed by atoms with Crippen molar-refractivity contribution in [1.82, 2.24) is 4.98 Å². The summed E-state index contributed by atoms with van der Waals surface area (Å²) in [5.41, 5.74) is 3.31. The van der Waals surface area contributed by atoms with Gasteiger partial charge in [-0.15, -0.1) is 0 Å². The van der Waals surface area contributed by atoms with Gasteiger partial charge >= 0.3 is 137 Å². The molecule has 0 unspecified atom stereocenters. The molecule has 0 N–H and O–H groups in total. The molecule has 2 nitrogen and oxygen atoms in total.